The van der Waals surface area contributed by atoms with Crippen LogP contribution in [-0.2, 0) is 14.1 Å². The molecular formula is C55H37N5O2. The van der Waals surface area contributed by atoms with E-state index in [-0.39, 0.29) is 0 Å². The average Bonchev–Trinajstić information content (AvgIpc) is 4.03. The lowest BCUT2D eigenvalue weighted by molar-refractivity contribution is 0.655. The third-order valence-corrected chi connectivity index (χ3v) is 12.7. The summed E-state index contributed by atoms with van der Waals surface area (Å²) in [6.45, 7) is 0. The summed E-state index contributed by atoms with van der Waals surface area (Å²) in [5, 5.41) is 6.88. The Bertz CT molecular complexity index is 3660. The number of furan rings is 2. The van der Waals surface area contributed by atoms with Crippen LogP contribution >= 0.6 is 0 Å². The summed E-state index contributed by atoms with van der Waals surface area (Å²) in [6.07, 6.45) is 0. The van der Waals surface area contributed by atoms with Crippen LogP contribution in [0.25, 0.3) is 87.7 Å². The monoisotopic (exact) mass is 799 g/mol. The fourth-order valence-corrected chi connectivity index (χ4v) is 9.74. The minimum Gasteiger partial charge on any atom is -0.454 e. The summed E-state index contributed by atoms with van der Waals surface area (Å²) in [7, 11) is 4.28. The van der Waals surface area contributed by atoms with Crippen molar-refractivity contribution < 1.29 is 8.83 Å². The maximum atomic E-state index is 6.63. The molecule has 0 unspecified atom stereocenters. The van der Waals surface area contributed by atoms with E-state index in [1.807, 2.05) is 6.07 Å². The number of para-hydroxylation sites is 4. The van der Waals surface area contributed by atoms with Gasteiger partial charge >= 0.3 is 0 Å². The number of hydrogen-bond acceptors (Lipinski definition) is 5. The van der Waals surface area contributed by atoms with Crippen molar-refractivity contribution in [2.75, 3.05) is 9.80 Å². The number of hydrogen-bond donors (Lipinski definition) is 0. The topological polar surface area (TPSA) is 55.5 Å². The quantitative estimate of drug-likeness (QED) is 0.168. The van der Waals surface area contributed by atoms with Gasteiger partial charge in [-0.05, 0) is 84.9 Å². The molecule has 5 aromatic heterocycles. The van der Waals surface area contributed by atoms with Crippen molar-refractivity contribution in [1.29, 1.82) is 0 Å². The smallest absolute Gasteiger partial charge is 0.157 e. The maximum absolute atomic E-state index is 6.63. The van der Waals surface area contributed by atoms with Crippen molar-refractivity contribution in [3.05, 3.63) is 188 Å². The van der Waals surface area contributed by atoms with Crippen molar-refractivity contribution in [3.63, 3.8) is 0 Å². The first-order chi connectivity index (χ1) is 30.6. The highest BCUT2D eigenvalue weighted by Gasteiger charge is 2.21. The number of rotatable bonds is 6. The van der Waals surface area contributed by atoms with E-state index in [1.165, 1.54) is 43.6 Å². The van der Waals surface area contributed by atoms with Crippen molar-refractivity contribution in [2.24, 2.45) is 14.1 Å². The summed E-state index contributed by atoms with van der Waals surface area (Å²) >= 11 is 0. The third kappa shape index (κ3) is 5.08. The van der Waals surface area contributed by atoms with Gasteiger partial charge in [0.25, 0.3) is 0 Å². The molecule has 13 aromatic rings. The van der Waals surface area contributed by atoms with Gasteiger partial charge < -0.3 is 27.8 Å². The fraction of sp³-hybridized carbons (Fsp3) is 0.0364. The minimum absolute atomic E-state index is 0.682. The SMILES string of the molecule is Cn1c2ccccc2c2ccc(N(c3ccccc3)c3ccc4c(c3)oc3cc5oc6cc(N(c7ccccc7)c7ccc8c9ccccc9n(C)c8c7)ccc6c5nc34)cc21. The van der Waals surface area contributed by atoms with Gasteiger partial charge in [-0.3, -0.25) is 0 Å². The van der Waals surface area contributed by atoms with Gasteiger partial charge in [0.2, 0.25) is 0 Å². The molecule has 0 aliphatic carbocycles. The number of nitrogens with zero attached hydrogens (tertiary/aromatic N) is 5. The molecular weight excluding hydrogens is 763 g/mol. The van der Waals surface area contributed by atoms with E-state index in [0.717, 1.165) is 67.1 Å². The molecule has 0 aliphatic heterocycles. The highest BCUT2D eigenvalue weighted by molar-refractivity contribution is 6.13. The summed E-state index contributed by atoms with van der Waals surface area (Å²) in [4.78, 5) is 9.81. The lowest BCUT2D eigenvalue weighted by atomic mass is 10.1. The molecule has 0 radical (unpaired) electrons. The number of fused-ring (bicyclic) bond motifs is 12. The van der Waals surface area contributed by atoms with E-state index in [2.05, 4.69) is 215 Å². The molecule has 0 saturated carbocycles. The Hall–Kier alpha value is -8.29. The summed E-state index contributed by atoms with van der Waals surface area (Å²) < 4.78 is 17.8. The standard InChI is InChI=1S/C55H37N5O2/c1-57-46-19-11-9-17-40(46)42-25-21-36(29-48(42)57)59(34-13-5-3-6-14-34)38-23-27-44-50(31-38)61-52-33-53-55(56-54(44)52)45-28-24-39(32-51(45)62-53)60(35-15-7-4-8-16-35)37-22-26-43-41-18-10-12-20-47(41)58(2)49(43)30-37/h3-33H,1-2H3. The molecule has 0 amide bonds. The molecule has 13 rings (SSSR count). The third-order valence-electron chi connectivity index (χ3n) is 12.7. The van der Waals surface area contributed by atoms with Crippen molar-refractivity contribution >= 4 is 122 Å². The fourth-order valence-electron chi connectivity index (χ4n) is 9.74. The van der Waals surface area contributed by atoms with Crippen LogP contribution in [0.1, 0.15) is 0 Å². The molecule has 7 heteroatoms. The number of aromatic nitrogens is 3. The first-order valence-electron chi connectivity index (χ1n) is 20.9. The average molecular weight is 800 g/mol. The molecule has 0 spiro atoms. The largest absolute Gasteiger partial charge is 0.454 e. The summed E-state index contributed by atoms with van der Waals surface area (Å²) in [6, 6.07) is 66.4. The molecule has 0 N–H and O–H groups in total. The Morgan fingerprint density at radius 2 is 0.694 bits per heavy atom. The number of aryl methyl sites for hydroxylation is 2. The molecule has 62 heavy (non-hydrogen) atoms. The predicted octanol–water partition coefficient (Wildman–Crippen LogP) is 15.1. The number of anilines is 6. The number of benzene rings is 8. The second-order valence-corrected chi connectivity index (χ2v) is 16.1. The van der Waals surface area contributed by atoms with Crippen molar-refractivity contribution in [2.45, 2.75) is 0 Å². The van der Waals surface area contributed by atoms with Crippen LogP contribution in [0, 0.1) is 0 Å². The van der Waals surface area contributed by atoms with Crippen molar-refractivity contribution in [1.82, 2.24) is 14.1 Å². The lowest BCUT2D eigenvalue weighted by Gasteiger charge is -2.25. The Morgan fingerprint density at radius 1 is 0.323 bits per heavy atom. The first-order valence-corrected chi connectivity index (χ1v) is 20.9. The van der Waals surface area contributed by atoms with Crippen LogP contribution in [-0.4, -0.2) is 14.1 Å². The second kappa shape index (κ2) is 13.1. The molecule has 0 aliphatic rings. The highest BCUT2D eigenvalue weighted by Crippen LogP contribution is 2.43. The van der Waals surface area contributed by atoms with Crippen LogP contribution in [0.15, 0.2) is 197 Å². The molecule has 5 heterocycles. The van der Waals surface area contributed by atoms with Gasteiger partial charge in [-0.2, -0.15) is 0 Å². The van der Waals surface area contributed by atoms with Gasteiger partial charge in [0.15, 0.2) is 11.2 Å². The number of pyridine rings is 1. The van der Waals surface area contributed by atoms with Crippen LogP contribution in [0.3, 0.4) is 0 Å². The zero-order valence-corrected chi connectivity index (χ0v) is 34.0. The summed E-state index contributed by atoms with van der Waals surface area (Å²) in [5.41, 5.74) is 15.5. The molecule has 0 saturated heterocycles. The van der Waals surface area contributed by atoms with Gasteiger partial charge in [0.1, 0.15) is 22.2 Å². The van der Waals surface area contributed by atoms with Gasteiger partial charge in [-0.25, -0.2) is 4.98 Å². The molecule has 0 atom stereocenters. The van der Waals surface area contributed by atoms with Gasteiger partial charge in [0, 0.05) is 110 Å². The predicted molar refractivity (Wildman–Crippen MR) is 256 cm³/mol. The Kier molecular flexibility index (Phi) is 7.30. The van der Waals surface area contributed by atoms with Gasteiger partial charge in [-0.1, -0.05) is 84.9 Å². The highest BCUT2D eigenvalue weighted by atomic mass is 16.3. The van der Waals surface area contributed by atoms with E-state index >= 15 is 0 Å². The Balaban J connectivity index is 0.913. The van der Waals surface area contributed by atoms with Gasteiger partial charge in [0.05, 0.1) is 11.0 Å². The molecule has 294 valence electrons. The first kappa shape index (κ1) is 34.6. The Labute approximate surface area is 355 Å². The Morgan fingerprint density at radius 3 is 1.15 bits per heavy atom. The van der Waals surface area contributed by atoms with E-state index in [0.29, 0.717) is 11.2 Å². The van der Waals surface area contributed by atoms with E-state index in [1.54, 1.807) is 0 Å². The second-order valence-electron chi connectivity index (χ2n) is 16.1. The van der Waals surface area contributed by atoms with E-state index in [9.17, 15) is 0 Å². The van der Waals surface area contributed by atoms with Crippen LogP contribution in [0.2, 0.25) is 0 Å². The van der Waals surface area contributed by atoms with E-state index in [4.69, 9.17) is 13.8 Å². The normalized spacial score (nSPS) is 12.0. The van der Waals surface area contributed by atoms with Crippen LogP contribution < -0.4 is 9.80 Å². The maximum Gasteiger partial charge on any atom is 0.157 e. The summed E-state index contributed by atoms with van der Waals surface area (Å²) in [5.74, 6) is 0. The van der Waals surface area contributed by atoms with Crippen LogP contribution in [0.5, 0.6) is 0 Å². The van der Waals surface area contributed by atoms with Crippen molar-refractivity contribution in [3.8, 4) is 0 Å². The molecule has 0 bridgehead atoms. The lowest BCUT2D eigenvalue weighted by Crippen LogP contribution is -2.09. The molecule has 8 aromatic carbocycles. The van der Waals surface area contributed by atoms with Gasteiger partial charge in [-0.15, -0.1) is 0 Å². The molecule has 0 fully saturated rings. The van der Waals surface area contributed by atoms with Crippen LogP contribution in [0.4, 0.5) is 34.1 Å². The molecule has 7 nitrogen and oxygen atoms in total. The zero-order chi connectivity index (χ0) is 41.1. The minimum atomic E-state index is 0.682. The van der Waals surface area contributed by atoms with E-state index < -0.39 is 0 Å². The zero-order valence-electron chi connectivity index (χ0n) is 34.0.